The zero-order valence-electron chi connectivity index (χ0n) is 19.7. The lowest BCUT2D eigenvalue weighted by Gasteiger charge is -2.23. The van der Waals surface area contributed by atoms with Crippen LogP contribution >= 0.6 is 56.7 Å². The van der Waals surface area contributed by atoms with E-state index in [-0.39, 0.29) is 16.8 Å². The Bertz CT molecular complexity index is 2020. The number of rotatable bonds is 4. The van der Waals surface area contributed by atoms with Gasteiger partial charge in [0, 0.05) is 29.6 Å². The highest BCUT2D eigenvalue weighted by Gasteiger charge is 2.38. The molecule has 0 saturated carbocycles. The van der Waals surface area contributed by atoms with Crippen LogP contribution in [-0.2, 0) is 5.41 Å². The second kappa shape index (κ2) is 9.11. The van der Waals surface area contributed by atoms with Crippen LogP contribution in [0.5, 0.6) is 0 Å². The second-order valence-electron chi connectivity index (χ2n) is 8.73. The molecule has 0 aromatic carbocycles. The predicted molar refractivity (Wildman–Crippen MR) is 160 cm³/mol. The number of thiophene rings is 5. The van der Waals surface area contributed by atoms with Gasteiger partial charge in [0.2, 0.25) is 11.4 Å². The van der Waals surface area contributed by atoms with E-state index in [1.807, 2.05) is 71.2 Å². The SMILES string of the molecule is CC1(C)C(c2ccc(N=C(C#N)C#N)s2)=Cc2sc3c(sc4cc(-c5ccc(N=C(C#N)C#N)s5)sc43)c21. The Kier molecular flexibility index (Phi) is 5.85. The molecule has 0 unspecified atom stereocenters. The maximum Gasteiger partial charge on any atom is 0.219 e. The first-order chi connectivity index (χ1) is 18.4. The number of aliphatic imine (C=N–C) groups is 2. The molecule has 0 atom stereocenters. The smallest absolute Gasteiger partial charge is 0.216 e. The Hall–Kier alpha value is -3.94. The molecule has 5 aromatic heterocycles. The normalized spacial score (nSPS) is 13.3. The van der Waals surface area contributed by atoms with Gasteiger partial charge in [0.1, 0.15) is 34.3 Å². The summed E-state index contributed by atoms with van der Waals surface area (Å²) in [5.41, 5.74) is 2.10. The maximum absolute atomic E-state index is 9.02. The van der Waals surface area contributed by atoms with E-state index in [1.54, 1.807) is 11.3 Å². The van der Waals surface area contributed by atoms with Gasteiger partial charge in [0.05, 0.1) is 14.1 Å². The number of hydrogen-bond donors (Lipinski definition) is 0. The molecule has 0 aliphatic heterocycles. The Morgan fingerprint density at radius 2 is 1.29 bits per heavy atom. The fourth-order valence-corrected chi connectivity index (χ4v) is 11.0. The van der Waals surface area contributed by atoms with Crippen molar-refractivity contribution in [2.45, 2.75) is 19.3 Å². The summed E-state index contributed by atoms with van der Waals surface area (Å²) in [6, 6.07) is 17.2. The van der Waals surface area contributed by atoms with Crippen LogP contribution < -0.4 is 0 Å². The van der Waals surface area contributed by atoms with E-state index < -0.39 is 0 Å². The number of nitrogens with zero attached hydrogens (tertiary/aromatic N) is 6. The molecule has 0 spiro atoms. The van der Waals surface area contributed by atoms with Gasteiger partial charge in [-0.2, -0.15) is 21.0 Å². The minimum absolute atomic E-state index is 0.141. The lowest BCUT2D eigenvalue weighted by molar-refractivity contribution is 0.715. The molecule has 5 aromatic rings. The molecule has 6 rings (SSSR count). The number of hydrogen-bond acceptors (Lipinski definition) is 11. The maximum atomic E-state index is 9.02. The fraction of sp³-hybridized carbons (Fsp3) is 0.111. The topological polar surface area (TPSA) is 120 Å². The average molecular weight is 581 g/mol. The monoisotopic (exact) mass is 580 g/mol. The molecule has 0 amide bonds. The summed E-state index contributed by atoms with van der Waals surface area (Å²) in [5, 5.41) is 37.3. The summed E-state index contributed by atoms with van der Waals surface area (Å²) < 4.78 is 5.17. The van der Waals surface area contributed by atoms with Crippen molar-refractivity contribution in [3.63, 3.8) is 0 Å². The van der Waals surface area contributed by atoms with Crippen molar-refractivity contribution in [1.29, 1.82) is 21.0 Å². The largest absolute Gasteiger partial charge is 0.219 e. The van der Waals surface area contributed by atoms with Gasteiger partial charge >= 0.3 is 0 Å². The summed E-state index contributed by atoms with van der Waals surface area (Å²) in [7, 11) is 0. The van der Waals surface area contributed by atoms with Gasteiger partial charge in [0.15, 0.2) is 0 Å². The lowest BCUT2D eigenvalue weighted by Crippen LogP contribution is -2.15. The molecular weight excluding hydrogens is 569 g/mol. The van der Waals surface area contributed by atoms with E-state index in [0.29, 0.717) is 10.0 Å². The Morgan fingerprint density at radius 1 is 0.684 bits per heavy atom. The third kappa shape index (κ3) is 3.81. The first kappa shape index (κ1) is 24.4. The van der Waals surface area contributed by atoms with E-state index in [1.165, 1.54) is 57.5 Å². The molecule has 0 radical (unpaired) electrons. The molecule has 1 aliphatic carbocycles. The van der Waals surface area contributed by atoms with Gasteiger partial charge in [-0.25, -0.2) is 9.98 Å². The van der Waals surface area contributed by atoms with Crippen LogP contribution in [0, 0.1) is 45.3 Å². The van der Waals surface area contributed by atoms with Crippen molar-refractivity contribution in [2.75, 3.05) is 0 Å². The number of nitriles is 4. The van der Waals surface area contributed by atoms with Gasteiger partial charge in [-0.3, -0.25) is 0 Å². The van der Waals surface area contributed by atoms with Crippen molar-refractivity contribution in [2.24, 2.45) is 9.98 Å². The lowest BCUT2D eigenvalue weighted by atomic mass is 9.81. The molecule has 0 N–H and O–H groups in total. The van der Waals surface area contributed by atoms with Crippen LogP contribution in [0.2, 0.25) is 0 Å². The fourth-order valence-electron chi connectivity index (χ4n) is 4.46. The minimum atomic E-state index is -0.192. The third-order valence-corrected chi connectivity index (χ3v) is 12.2. The molecule has 6 nitrogen and oxygen atoms in total. The summed E-state index contributed by atoms with van der Waals surface area (Å²) in [6.45, 7) is 4.50. The van der Waals surface area contributed by atoms with E-state index in [4.69, 9.17) is 21.0 Å². The first-order valence-electron chi connectivity index (χ1n) is 11.1. The minimum Gasteiger partial charge on any atom is -0.216 e. The highest BCUT2D eigenvalue weighted by molar-refractivity contribution is 7.40. The van der Waals surface area contributed by atoms with Crippen molar-refractivity contribution in [3.8, 4) is 34.0 Å². The van der Waals surface area contributed by atoms with E-state index >= 15 is 0 Å². The predicted octanol–water partition coefficient (Wildman–Crippen LogP) is 9.04. The molecule has 0 fully saturated rings. The molecule has 180 valence electrons. The van der Waals surface area contributed by atoms with Crippen LogP contribution in [0.1, 0.15) is 29.2 Å². The summed E-state index contributed by atoms with van der Waals surface area (Å²) in [6.07, 6.45) is 2.27. The van der Waals surface area contributed by atoms with E-state index in [2.05, 4.69) is 36.0 Å². The van der Waals surface area contributed by atoms with Gasteiger partial charge in [-0.1, -0.05) is 13.8 Å². The Balaban J connectivity index is 1.37. The molecule has 1 aliphatic rings. The van der Waals surface area contributed by atoms with Crippen molar-refractivity contribution < 1.29 is 0 Å². The Labute approximate surface area is 237 Å². The molecule has 0 saturated heterocycles. The van der Waals surface area contributed by atoms with Crippen molar-refractivity contribution in [1.82, 2.24) is 0 Å². The third-order valence-electron chi connectivity index (χ3n) is 6.14. The molecule has 0 bridgehead atoms. The molecule has 11 heteroatoms. The molecular formula is C27H12N6S5. The summed E-state index contributed by atoms with van der Waals surface area (Å²) in [4.78, 5) is 12.9. The van der Waals surface area contributed by atoms with Gasteiger partial charge in [-0.05, 0) is 47.5 Å². The van der Waals surface area contributed by atoms with E-state index in [0.717, 1.165) is 14.6 Å². The Morgan fingerprint density at radius 3 is 1.92 bits per heavy atom. The second-order valence-corrected chi connectivity index (χ2v) is 14.0. The standard InChI is InChI=1S/C27H12N6S5/c1-27(2)15(16-3-5-21(34-16)32-13(9-28)10-29)7-19-23(27)25-26(37-19)24-20(38-25)8-18(36-24)17-4-6-22(35-17)33-14(11-30)12-31/h3-8H,1-2H3. The van der Waals surface area contributed by atoms with Crippen LogP contribution in [0.25, 0.3) is 40.2 Å². The number of fused-ring (bicyclic) bond motifs is 5. The average Bonchev–Trinajstić information content (AvgIpc) is 3.72. The van der Waals surface area contributed by atoms with Crippen molar-refractivity contribution >= 4 is 109 Å². The zero-order chi connectivity index (χ0) is 26.6. The highest BCUT2D eigenvalue weighted by atomic mass is 32.1. The summed E-state index contributed by atoms with van der Waals surface area (Å²) >= 11 is 8.37. The van der Waals surface area contributed by atoms with Gasteiger partial charge in [0.25, 0.3) is 0 Å². The molecule has 38 heavy (non-hydrogen) atoms. The van der Waals surface area contributed by atoms with Crippen LogP contribution in [-0.4, -0.2) is 11.4 Å². The summed E-state index contributed by atoms with van der Waals surface area (Å²) in [5.74, 6) is 0. The van der Waals surface area contributed by atoms with Crippen LogP contribution in [0.15, 0.2) is 40.3 Å². The van der Waals surface area contributed by atoms with Crippen LogP contribution in [0.3, 0.4) is 0 Å². The van der Waals surface area contributed by atoms with Crippen LogP contribution in [0.4, 0.5) is 10.0 Å². The van der Waals surface area contributed by atoms with Crippen molar-refractivity contribution in [3.05, 3.63) is 45.6 Å². The van der Waals surface area contributed by atoms with Gasteiger partial charge < -0.3 is 0 Å². The first-order valence-corrected chi connectivity index (χ1v) is 15.1. The quantitative estimate of drug-likeness (QED) is 0.197. The number of allylic oxidation sites excluding steroid dienone is 1. The zero-order valence-corrected chi connectivity index (χ0v) is 23.8. The van der Waals surface area contributed by atoms with E-state index in [9.17, 15) is 0 Å². The molecule has 5 heterocycles. The van der Waals surface area contributed by atoms with Gasteiger partial charge in [-0.15, -0.1) is 56.7 Å². The highest BCUT2D eigenvalue weighted by Crippen LogP contribution is 2.58.